The van der Waals surface area contributed by atoms with E-state index in [1.54, 1.807) is 0 Å². The van der Waals surface area contributed by atoms with Crippen molar-refractivity contribution in [3.05, 3.63) is 12.7 Å². The van der Waals surface area contributed by atoms with Crippen molar-refractivity contribution < 1.29 is 24.3 Å². The van der Waals surface area contributed by atoms with Gasteiger partial charge in [0.25, 0.3) is 11.6 Å². The maximum Gasteiger partial charge on any atom is 0.276 e. The van der Waals surface area contributed by atoms with Crippen molar-refractivity contribution in [1.29, 1.82) is 0 Å². The molecule has 0 aromatic rings. The summed E-state index contributed by atoms with van der Waals surface area (Å²) >= 11 is 0. The zero-order valence-corrected chi connectivity index (χ0v) is 6.07. The van der Waals surface area contributed by atoms with Crippen LogP contribution in [0.25, 0.3) is 0 Å². The van der Waals surface area contributed by atoms with Gasteiger partial charge in [0.15, 0.2) is 0 Å². The fourth-order valence-corrected chi connectivity index (χ4v) is 0.403. The van der Waals surface area contributed by atoms with E-state index in [9.17, 15) is 19.2 Å². The summed E-state index contributed by atoms with van der Waals surface area (Å²) in [6.07, 6.45) is 0.630. The Kier molecular flexibility index (Phi) is 3.72. The monoisotopic (exact) mass is 170 g/mol. The number of aliphatic hydroxyl groups is 1. The number of Topliss-reactive ketones (excluding diaryl/α,β-unsaturated/α-hetero) is 3. The summed E-state index contributed by atoms with van der Waals surface area (Å²) in [6.45, 7) is 1.88. The molecule has 0 saturated carbocycles. The Bertz CT molecular complexity index is 263. The Morgan fingerprint density at radius 3 is 2.00 bits per heavy atom. The number of hydrogen-bond donors (Lipinski definition) is 1. The van der Waals surface area contributed by atoms with Gasteiger partial charge in [0.1, 0.15) is 6.61 Å². The molecule has 12 heavy (non-hydrogen) atoms. The van der Waals surface area contributed by atoms with Crippen LogP contribution in [0.2, 0.25) is 0 Å². The number of carbonyl (C=O) groups is 4. The Morgan fingerprint density at radius 1 is 1.17 bits per heavy atom. The van der Waals surface area contributed by atoms with E-state index >= 15 is 0 Å². The second-order valence-electron chi connectivity index (χ2n) is 1.81. The van der Waals surface area contributed by atoms with E-state index in [4.69, 9.17) is 5.11 Å². The van der Waals surface area contributed by atoms with Crippen LogP contribution in [0.15, 0.2) is 12.7 Å². The van der Waals surface area contributed by atoms with Gasteiger partial charge in [-0.3, -0.25) is 19.2 Å². The summed E-state index contributed by atoms with van der Waals surface area (Å²) in [5.74, 6) is -5.43. The summed E-state index contributed by atoms with van der Waals surface area (Å²) in [4.78, 5) is 41.9. The van der Waals surface area contributed by atoms with Gasteiger partial charge < -0.3 is 5.11 Å². The molecule has 0 heterocycles. The second-order valence-corrected chi connectivity index (χ2v) is 1.81. The van der Waals surface area contributed by atoms with Crippen LogP contribution in [-0.4, -0.2) is 34.8 Å². The highest BCUT2D eigenvalue weighted by atomic mass is 16.3. The molecule has 0 saturated heterocycles. The van der Waals surface area contributed by atoms with Crippen LogP contribution in [0.1, 0.15) is 0 Å². The van der Waals surface area contributed by atoms with E-state index in [1.807, 2.05) is 0 Å². The Hall–Kier alpha value is -1.62. The number of rotatable bonds is 5. The Balaban J connectivity index is 4.51. The van der Waals surface area contributed by atoms with Gasteiger partial charge in [-0.2, -0.15) is 0 Å². The molecule has 5 nitrogen and oxygen atoms in total. The number of allylic oxidation sites excluding steroid dienone is 1. The van der Waals surface area contributed by atoms with Crippen molar-refractivity contribution in [1.82, 2.24) is 0 Å². The highest BCUT2D eigenvalue weighted by Gasteiger charge is 2.25. The van der Waals surface area contributed by atoms with Crippen LogP contribution in [-0.2, 0) is 19.2 Å². The smallest absolute Gasteiger partial charge is 0.276 e. The number of aliphatic hydroxyl groups excluding tert-OH is 1. The van der Waals surface area contributed by atoms with Crippen LogP contribution in [0.3, 0.4) is 0 Å². The summed E-state index contributed by atoms with van der Waals surface area (Å²) < 4.78 is 0. The first-order valence-electron chi connectivity index (χ1n) is 2.93. The molecule has 0 aliphatic heterocycles. The average Bonchev–Trinajstić information content (AvgIpc) is 2.12. The number of hydrogen-bond acceptors (Lipinski definition) is 5. The van der Waals surface area contributed by atoms with Gasteiger partial charge in [-0.05, 0) is 6.08 Å². The highest BCUT2D eigenvalue weighted by Crippen LogP contribution is 1.84. The van der Waals surface area contributed by atoms with E-state index in [2.05, 4.69) is 6.58 Å². The average molecular weight is 170 g/mol. The summed E-state index contributed by atoms with van der Waals surface area (Å²) in [6, 6.07) is 0. The van der Waals surface area contributed by atoms with E-state index in [1.165, 1.54) is 0 Å². The maximum absolute atomic E-state index is 10.6. The van der Waals surface area contributed by atoms with Crippen LogP contribution in [0.5, 0.6) is 0 Å². The minimum absolute atomic E-state index is 0.630. The van der Waals surface area contributed by atoms with Gasteiger partial charge >= 0.3 is 0 Å². The molecule has 0 unspecified atom stereocenters. The fraction of sp³-hybridized carbons (Fsp3) is 0.143. The third kappa shape index (κ3) is 2.21. The standard InChI is InChI=1S/C7H6O5/c1-2-4(9)6(11)7(12)5(10)3-8/h2,8H,1,3H2. The molecular formula is C7H6O5. The lowest BCUT2D eigenvalue weighted by atomic mass is 10.1. The van der Waals surface area contributed by atoms with E-state index in [0.29, 0.717) is 6.08 Å². The zero-order valence-electron chi connectivity index (χ0n) is 6.07. The van der Waals surface area contributed by atoms with Gasteiger partial charge in [-0.15, -0.1) is 0 Å². The quantitative estimate of drug-likeness (QED) is 0.306. The predicted molar refractivity (Wildman–Crippen MR) is 37.3 cm³/mol. The largest absolute Gasteiger partial charge is 0.388 e. The van der Waals surface area contributed by atoms with Crippen molar-refractivity contribution in [2.75, 3.05) is 6.61 Å². The second kappa shape index (κ2) is 4.30. The van der Waals surface area contributed by atoms with Gasteiger partial charge in [0.2, 0.25) is 11.6 Å². The zero-order chi connectivity index (χ0) is 9.72. The summed E-state index contributed by atoms with van der Waals surface area (Å²) in [5.41, 5.74) is 0. The van der Waals surface area contributed by atoms with E-state index in [-0.39, 0.29) is 0 Å². The van der Waals surface area contributed by atoms with Crippen molar-refractivity contribution >= 4 is 23.1 Å². The van der Waals surface area contributed by atoms with Crippen molar-refractivity contribution in [2.24, 2.45) is 0 Å². The lowest BCUT2D eigenvalue weighted by Gasteiger charge is -1.90. The van der Waals surface area contributed by atoms with Crippen molar-refractivity contribution in [3.63, 3.8) is 0 Å². The van der Waals surface area contributed by atoms with Crippen LogP contribution in [0.4, 0.5) is 0 Å². The van der Waals surface area contributed by atoms with Gasteiger partial charge in [-0.1, -0.05) is 6.58 Å². The van der Waals surface area contributed by atoms with E-state index in [0.717, 1.165) is 0 Å². The molecule has 0 rings (SSSR count). The summed E-state index contributed by atoms with van der Waals surface area (Å²) in [5, 5.41) is 8.15. The molecule has 0 aliphatic carbocycles. The van der Waals surface area contributed by atoms with Crippen LogP contribution in [0, 0.1) is 0 Å². The highest BCUT2D eigenvalue weighted by molar-refractivity contribution is 6.79. The Morgan fingerprint density at radius 2 is 1.67 bits per heavy atom. The van der Waals surface area contributed by atoms with E-state index < -0.39 is 29.7 Å². The molecule has 0 radical (unpaired) electrons. The molecule has 0 aliphatic rings. The van der Waals surface area contributed by atoms with Gasteiger partial charge in [-0.25, -0.2) is 0 Å². The normalized spacial score (nSPS) is 8.75. The van der Waals surface area contributed by atoms with Crippen LogP contribution < -0.4 is 0 Å². The lowest BCUT2D eigenvalue weighted by Crippen LogP contribution is -2.31. The Labute approximate surface area is 67.7 Å². The number of carbonyl (C=O) groups excluding carboxylic acids is 4. The predicted octanol–water partition coefficient (Wildman–Crippen LogP) is -1.56. The van der Waals surface area contributed by atoms with Gasteiger partial charge in [0, 0.05) is 0 Å². The first kappa shape index (κ1) is 10.4. The molecule has 0 amide bonds. The van der Waals surface area contributed by atoms with Crippen LogP contribution >= 0.6 is 0 Å². The minimum atomic E-state index is -1.51. The molecule has 0 aromatic carbocycles. The molecule has 64 valence electrons. The fourth-order valence-electron chi connectivity index (χ4n) is 0.403. The molecule has 0 atom stereocenters. The maximum atomic E-state index is 10.6. The SMILES string of the molecule is C=CC(=O)C(=O)C(=O)C(=O)CO. The molecular weight excluding hydrogens is 164 g/mol. The molecule has 0 spiro atoms. The first-order chi connectivity index (χ1) is 5.54. The topological polar surface area (TPSA) is 88.5 Å². The molecule has 0 bridgehead atoms. The third-order valence-corrected chi connectivity index (χ3v) is 1.01. The van der Waals surface area contributed by atoms with Crippen molar-refractivity contribution in [2.45, 2.75) is 0 Å². The third-order valence-electron chi connectivity index (χ3n) is 1.01. The molecule has 1 N–H and O–H groups in total. The van der Waals surface area contributed by atoms with Gasteiger partial charge in [0.05, 0.1) is 0 Å². The minimum Gasteiger partial charge on any atom is -0.388 e. The summed E-state index contributed by atoms with van der Waals surface area (Å²) in [7, 11) is 0. The lowest BCUT2D eigenvalue weighted by molar-refractivity contribution is -0.148. The molecule has 0 aromatic heterocycles. The van der Waals surface area contributed by atoms with Crippen molar-refractivity contribution in [3.8, 4) is 0 Å². The number of ketones is 4. The molecule has 0 fully saturated rings. The first-order valence-corrected chi connectivity index (χ1v) is 2.93. The molecule has 5 heteroatoms.